The number of morpholine rings is 1. The van der Waals surface area contributed by atoms with E-state index < -0.39 is 0 Å². The summed E-state index contributed by atoms with van der Waals surface area (Å²) in [6, 6.07) is 0.0866. The van der Waals surface area contributed by atoms with Crippen molar-refractivity contribution < 1.29 is 14.3 Å². The summed E-state index contributed by atoms with van der Waals surface area (Å²) in [7, 11) is 0. The molecule has 1 N–H and O–H groups in total. The van der Waals surface area contributed by atoms with Gasteiger partial charge in [0.25, 0.3) is 0 Å². The second-order valence-electron chi connectivity index (χ2n) is 8.33. The first kappa shape index (κ1) is 18.0. The zero-order chi connectivity index (χ0) is 17.2. The molecule has 138 valence electrons. The van der Waals surface area contributed by atoms with Gasteiger partial charge in [0, 0.05) is 50.5 Å². The van der Waals surface area contributed by atoms with E-state index in [-0.39, 0.29) is 17.1 Å². The summed E-state index contributed by atoms with van der Waals surface area (Å²) in [5, 5.41) is 3.26. The molecule has 3 aliphatic heterocycles. The van der Waals surface area contributed by atoms with E-state index in [1.54, 1.807) is 0 Å². The molecule has 3 rings (SSSR count). The third-order valence-corrected chi connectivity index (χ3v) is 5.99. The average Bonchev–Trinajstić information content (AvgIpc) is 2.87. The molecule has 0 aliphatic carbocycles. The summed E-state index contributed by atoms with van der Waals surface area (Å²) in [4.78, 5) is 17.3. The van der Waals surface area contributed by atoms with Crippen molar-refractivity contribution in [2.45, 2.75) is 51.1 Å². The van der Waals surface area contributed by atoms with Crippen LogP contribution in [0.4, 0.5) is 4.79 Å². The highest BCUT2D eigenvalue weighted by atomic mass is 16.5. The van der Waals surface area contributed by atoms with Crippen molar-refractivity contribution in [3.8, 4) is 0 Å². The van der Waals surface area contributed by atoms with E-state index in [1.807, 2.05) is 4.90 Å². The number of amides is 2. The minimum absolute atomic E-state index is 0.0210. The standard InChI is InChI=1S/C18H33N3O3/c1-15-12-17(2,3)21(13-15)16(22)19-14-18(4-8-23-9-5-18)20-6-10-24-11-7-20/h15H,4-14H2,1-3H3,(H,19,22). The maximum Gasteiger partial charge on any atom is 0.317 e. The maximum atomic E-state index is 12.8. The lowest BCUT2D eigenvalue weighted by Crippen LogP contribution is -2.62. The van der Waals surface area contributed by atoms with E-state index in [0.29, 0.717) is 12.5 Å². The quantitative estimate of drug-likeness (QED) is 0.850. The van der Waals surface area contributed by atoms with Gasteiger partial charge in [0.05, 0.1) is 13.2 Å². The van der Waals surface area contributed by atoms with E-state index >= 15 is 0 Å². The number of hydrogen-bond donors (Lipinski definition) is 1. The fraction of sp³-hybridized carbons (Fsp3) is 0.944. The van der Waals surface area contributed by atoms with Gasteiger partial charge in [-0.3, -0.25) is 4.90 Å². The van der Waals surface area contributed by atoms with E-state index in [0.717, 1.165) is 65.3 Å². The highest BCUT2D eigenvalue weighted by molar-refractivity contribution is 5.75. The van der Waals surface area contributed by atoms with Gasteiger partial charge in [-0.2, -0.15) is 0 Å². The first-order valence-corrected chi connectivity index (χ1v) is 9.39. The van der Waals surface area contributed by atoms with E-state index in [9.17, 15) is 4.79 Å². The van der Waals surface area contributed by atoms with Crippen LogP contribution in [0.15, 0.2) is 0 Å². The van der Waals surface area contributed by atoms with E-state index in [4.69, 9.17) is 9.47 Å². The molecule has 6 heteroatoms. The Labute approximate surface area is 145 Å². The van der Waals surface area contributed by atoms with Crippen LogP contribution in [0.3, 0.4) is 0 Å². The summed E-state index contributed by atoms with van der Waals surface area (Å²) in [5.41, 5.74) is -0.0293. The molecular weight excluding hydrogens is 306 g/mol. The van der Waals surface area contributed by atoms with Crippen molar-refractivity contribution in [2.24, 2.45) is 5.92 Å². The van der Waals surface area contributed by atoms with Gasteiger partial charge in [0.2, 0.25) is 0 Å². The Morgan fingerprint density at radius 3 is 2.33 bits per heavy atom. The van der Waals surface area contributed by atoms with Crippen LogP contribution in [-0.4, -0.2) is 79.5 Å². The van der Waals surface area contributed by atoms with E-state index in [2.05, 4.69) is 31.0 Å². The molecule has 0 spiro atoms. The first-order valence-electron chi connectivity index (χ1n) is 9.39. The number of likely N-dealkylation sites (tertiary alicyclic amines) is 1. The fourth-order valence-corrected chi connectivity index (χ4v) is 4.67. The Hall–Kier alpha value is -0.850. The molecule has 0 aromatic heterocycles. The molecule has 0 aromatic carbocycles. The molecule has 3 aliphatic rings. The van der Waals surface area contributed by atoms with Crippen molar-refractivity contribution in [2.75, 3.05) is 52.6 Å². The number of urea groups is 1. The average molecular weight is 339 g/mol. The van der Waals surface area contributed by atoms with Crippen molar-refractivity contribution in [1.29, 1.82) is 0 Å². The second kappa shape index (κ2) is 7.18. The Balaban J connectivity index is 1.64. The highest BCUT2D eigenvalue weighted by Gasteiger charge is 2.42. The lowest BCUT2D eigenvalue weighted by atomic mass is 9.87. The van der Waals surface area contributed by atoms with Gasteiger partial charge in [-0.1, -0.05) is 6.92 Å². The molecule has 0 bridgehead atoms. The third-order valence-electron chi connectivity index (χ3n) is 5.99. The summed E-state index contributed by atoms with van der Waals surface area (Å²) < 4.78 is 11.1. The summed E-state index contributed by atoms with van der Waals surface area (Å²) >= 11 is 0. The number of hydrogen-bond acceptors (Lipinski definition) is 4. The molecule has 0 aromatic rings. The molecule has 0 radical (unpaired) electrons. The van der Waals surface area contributed by atoms with E-state index in [1.165, 1.54) is 0 Å². The van der Waals surface area contributed by atoms with Gasteiger partial charge < -0.3 is 19.7 Å². The fourth-order valence-electron chi connectivity index (χ4n) is 4.67. The zero-order valence-electron chi connectivity index (χ0n) is 15.5. The first-order chi connectivity index (χ1) is 11.4. The highest BCUT2D eigenvalue weighted by Crippen LogP contribution is 2.33. The van der Waals surface area contributed by atoms with Crippen molar-refractivity contribution >= 4 is 6.03 Å². The number of ether oxygens (including phenoxy) is 2. The molecule has 2 amide bonds. The van der Waals surface area contributed by atoms with Crippen LogP contribution >= 0.6 is 0 Å². The predicted molar refractivity (Wildman–Crippen MR) is 93.1 cm³/mol. The second-order valence-corrected chi connectivity index (χ2v) is 8.33. The molecule has 1 atom stereocenters. The number of rotatable bonds is 3. The number of carbonyl (C=O) groups excluding carboxylic acids is 1. The van der Waals surface area contributed by atoms with Crippen LogP contribution in [-0.2, 0) is 9.47 Å². The summed E-state index contributed by atoms with van der Waals surface area (Å²) in [6.07, 6.45) is 3.03. The van der Waals surface area contributed by atoms with Gasteiger partial charge in [0.15, 0.2) is 0 Å². The molecule has 0 saturated carbocycles. The minimum atomic E-state index is -0.0503. The third kappa shape index (κ3) is 3.70. The predicted octanol–water partition coefficient (Wildman–Crippen LogP) is 1.70. The van der Waals surface area contributed by atoms with Gasteiger partial charge in [0.1, 0.15) is 0 Å². The zero-order valence-corrected chi connectivity index (χ0v) is 15.5. The Kier molecular flexibility index (Phi) is 5.37. The largest absolute Gasteiger partial charge is 0.381 e. The van der Waals surface area contributed by atoms with Crippen LogP contribution in [0, 0.1) is 5.92 Å². The minimum Gasteiger partial charge on any atom is -0.381 e. The summed E-state index contributed by atoms with van der Waals surface area (Å²) in [6.45, 7) is 13.1. The van der Waals surface area contributed by atoms with Gasteiger partial charge in [-0.05, 0) is 39.0 Å². The van der Waals surface area contributed by atoms with Gasteiger partial charge in [-0.25, -0.2) is 4.79 Å². The Bertz CT molecular complexity index is 443. The van der Waals surface area contributed by atoms with Crippen molar-refractivity contribution in [3.63, 3.8) is 0 Å². The normalized spacial score (nSPS) is 30.3. The van der Waals surface area contributed by atoms with Crippen LogP contribution in [0.25, 0.3) is 0 Å². The maximum absolute atomic E-state index is 12.8. The van der Waals surface area contributed by atoms with Crippen molar-refractivity contribution in [3.05, 3.63) is 0 Å². The van der Waals surface area contributed by atoms with Crippen LogP contribution in [0.5, 0.6) is 0 Å². The smallest absolute Gasteiger partial charge is 0.317 e. The molecule has 24 heavy (non-hydrogen) atoms. The molecule has 6 nitrogen and oxygen atoms in total. The monoisotopic (exact) mass is 339 g/mol. The van der Waals surface area contributed by atoms with Gasteiger partial charge >= 0.3 is 6.03 Å². The number of nitrogens with zero attached hydrogens (tertiary/aromatic N) is 2. The topological polar surface area (TPSA) is 54.0 Å². The van der Waals surface area contributed by atoms with Gasteiger partial charge in [-0.15, -0.1) is 0 Å². The summed E-state index contributed by atoms with van der Waals surface area (Å²) in [5.74, 6) is 0.571. The molecule has 3 heterocycles. The lowest BCUT2D eigenvalue weighted by Gasteiger charge is -2.48. The molecule has 3 fully saturated rings. The van der Waals surface area contributed by atoms with Crippen molar-refractivity contribution in [1.82, 2.24) is 15.1 Å². The SMILES string of the molecule is CC1CN(C(=O)NCC2(N3CCOCC3)CCOCC2)C(C)(C)C1. The van der Waals surface area contributed by atoms with Crippen LogP contribution < -0.4 is 5.32 Å². The Morgan fingerprint density at radius 1 is 1.12 bits per heavy atom. The van der Waals surface area contributed by atoms with Crippen LogP contribution in [0.1, 0.15) is 40.0 Å². The molecular formula is C18H33N3O3. The Morgan fingerprint density at radius 2 is 1.75 bits per heavy atom. The lowest BCUT2D eigenvalue weighted by molar-refractivity contribution is -0.0694. The molecule has 3 saturated heterocycles. The van der Waals surface area contributed by atoms with Crippen LogP contribution in [0.2, 0.25) is 0 Å². The number of nitrogens with one attached hydrogen (secondary N) is 1. The molecule has 1 unspecified atom stereocenters. The number of carbonyl (C=O) groups is 1.